The largest absolute Gasteiger partial charge is 0.507 e. The maximum atomic E-state index is 12.5. The fraction of sp³-hybridized carbons (Fsp3) is 0. The van der Waals surface area contributed by atoms with E-state index in [1.165, 1.54) is 12.1 Å². The number of nitrogen functional groups attached to an aromatic ring is 2. The molecule has 0 radical (unpaired) electrons. The van der Waals surface area contributed by atoms with E-state index in [1.54, 1.807) is 0 Å². The zero-order valence-electron chi connectivity index (χ0n) is 10.5. The van der Waals surface area contributed by atoms with Crippen LogP contribution in [0.1, 0.15) is 31.8 Å². The molecule has 0 fully saturated rings. The Bertz CT molecular complexity index is 842. The predicted molar refractivity (Wildman–Crippen MR) is 73.6 cm³/mol. The molecule has 0 unspecified atom stereocenters. The molecule has 0 saturated carbocycles. The number of nitrogens with two attached hydrogens (primary N) is 2. The van der Waals surface area contributed by atoms with E-state index in [0.29, 0.717) is 0 Å². The summed E-state index contributed by atoms with van der Waals surface area (Å²) in [6.07, 6.45) is 0. The lowest BCUT2D eigenvalue weighted by molar-refractivity contribution is 0.0975. The smallest absolute Gasteiger partial charge is 0.200 e. The number of phenolic OH excluding ortho intramolecular Hbond substituents is 3. The van der Waals surface area contributed by atoms with Crippen LogP contribution in [-0.2, 0) is 0 Å². The molecule has 0 aliphatic heterocycles. The minimum atomic E-state index is -0.784. The zero-order chi connectivity index (χ0) is 15.5. The van der Waals surface area contributed by atoms with Gasteiger partial charge in [-0.1, -0.05) is 0 Å². The van der Waals surface area contributed by atoms with E-state index in [-0.39, 0.29) is 28.1 Å². The maximum Gasteiger partial charge on any atom is 0.200 e. The van der Waals surface area contributed by atoms with Crippen molar-refractivity contribution in [3.05, 3.63) is 40.5 Å². The molecule has 0 atom stereocenters. The monoisotopic (exact) mass is 286 g/mol. The minimum absolute atomic E-state index is 0.0203. The summed E-state index contributed by atoms with van der Waals surface area (Å²) in [7, 11) is 0. The first-order valence-electron chi connectivity index (χ1n) is 5.89. The van der Waals surface area contributed by atoms with Gasteiger partial charge in [0.1, 0.15) is 5.75 Å². The second-order valence-corrected chi connectivity index (χ2v) is 4.67. The summed E-state index contributed by atoms with van der Waals surface area (Å²) in [5, 5.41) is 29.2. The van der Waals surface area contributed by atoms with Crippen LogP contribution in [0.25, 0.3) is 0 Å². The number of phenols is 3. The van der Waals surface area contributed by atoms with E-state index in [4.69, 9.17) is 11.5 Å². The highest BCUT2D eigenvalue weighted by molar-refractivity contribution is 6.33. The number of benzene rings is 2. The van der Waals surface area contributed by atoms with Crippen LogP contribution in [0.5, 0.6) is 17.2 Å². The summed E-state index contributed by atoms with van der Waals surface area (Å²) < 4.78 is 0. The number of fused-ring (bicyclic) bond motifs is 2. The normalized spacial score (nSPS) is 13.0. The van der Waals surface area contributed by atoms with Crippen LogP contribution in [0.15, 0.2) is 18.2 Å². The van der Waals surface area contributed by atoms with Crippen LogP contribution in [-0.4, -0.2) is 26.9 Å². The van der Waals surface area contributed by atoms with Gasteiger partial charge in [0.05, 0.1) is 22.3 Å². The molecule has 7 N–H and O–H groups in total. The SMILES string of the molecule is Nc1ccc(O)c2c1C(=O)c1c(O)c(O)cc(N)c1C2=O. The van der Waals surface area contributed by atoms with Crippen molar-refractivity contribution in [2.24, 2.45) is 0 Å². The predicted octanol–water partition coefficient (Wildman–Crippen LogP) is 0.743. The van der Waals surface area contributed by atoms with Gasteiger partial charge in [-0.3, -0.25) is 9.59 Å². The molecule has 3 rings (SSSR count). The second-order valence-electron chi connectivity index (χ2n) is 4.67. The highest BCUT2D eigenvalue weighted by atomic mass is 16.3. The Hall–Kier alpha value is -3.22. The first-order chi connectivity index (χ1) is 9.84. The molecule has 0 heterocycles. The van der Waals surface area contributed by atoms with E-state index < -0.39 is 34.4 Å². The quantitative estimate of drug-likeness (QED) is 0.232. The van der Waals surface area contributed by atoms with Crippen molar-refractivity contribution in [1.29, 1.82) is 0 Å². The number of rotatable bonds is 0. The van der Waals surface area contributed by atoms with Crippen LogP contribution in [0.2, 0.25) is 0 Å². The Morgan fingerprint density at radius 3 is 1.95 bits per heavy atom. The lowest BCUT2D eigenvalue weighted by Crippen LogP contribution is -2.24. The van der Waals surface area contributed by atoms with E-state index in [1.807, 2.05) is 0 Å². The number of carbonyl (C=O) groups is 2. The van der Waals surface area contributed by atoms with Crippen LogP contribution in [0.3, 0.4) is 0 Å². The van der Waals surface area contributed by atoms with E-state index >= 15 is 0 Å². The van der Waals surface area contributed by atoms with Gasteiger partial charge in [-0.05, 0) is 12.1 Å². The van der Waals surface area contributed by atoms with Gasteiger partial charge in [0.2, 0.25) is 11.6 Å². The topological polar surface area (TPSA) is 147 Å². The molecule has 0 aromatic heterocycles. The van der Waals surface area contributed by atoms with Crippen LogP contribution >= 0.6 is 0 Å². The Kier molecular flexibility index (Phi) is 2.37. The molecule has 2 aromatic carbocycles. The summed E-state index contributed by atoms with van der Waals surface area (Å²) in [5.74, 6) is -3.29. The first kappa shape index (κ1) is 12.8. The molecular weight excluding hydrogens is 276 g/mol. The minimum Gasteiger partial charge on any atom is -0.507 e. The number of hydrogen-bond acceptors (Lipinski definition) is 7. The van der Waals surface area contributed by atoms with Gasteiger partial charge in [-0.25, -0.2) is 0 Å². The number of hydrogen-bond donors (Lipinski definition) is 5. The van der Waals surface area contributed by atoms with E-state index in [0.717, 1.165) is 6.07 Å². The van der Waals surface area contributed by atoms with Gasteiger partial charge in [-0.15, -0.1) is 0 Å². The van der Waals surface area contributed by atoms with Gasteiger partial charge < -0.3 is 26.8 Å². The third-order valence-electron chi connectivity index (χ3n) is 3.43. The molecule has 1 aliphatic carbocycles. The standard InChI is InChI=1S/C14H10N2O5/c15-4-1-2-6(17)10-8(4)14(21)11-9(13(10)20)5(16)3-7(18)12(11)19/h1-3,17-19H,15-16H2. The molecule has 0 amide bonds. The molecule has 7 heteroatoms. The molecule has 2 aromatic rings. The highest BCUT2D eigenvalue weighted by Gasteiger charge is 2.38. The van der Waals surface area contributed by atoms with Gasteiger partial charge in [0, 0.05) is 17.4 Å². The second kappa shape index (κ2) is 3.89. The van der Waals surface area contributed by atoms with Crippen LogP contribution in [0.4, 0.5) is 11.4 Å². The number of ketones is 2. The first-order valence-corrected chi connectivity index (χ1v) is 5.89. The Morgan fingerprint density at radius 1 is 0.714 bits per heavy atom. The Labute approximate surface area is 118 Å². The Morgan fingerprint density at radius 2 is 1.29 bits per heavy atom. The molecule has 7 nitrogen and oxygen atoms in total. The summed E-state index contributed by atoms with van der Waals surface area (Å²) in [6.45, 7) is 0. The maximum absolute atomic E-state index is 12.5. The van der Waals surface area contributed by atoms with E-state index in [2.05, 4.69) is 0 Å². The fourth-order valence-corrected chi connectivity index (χ4v) is 2.48. The van der Waals surface area contributed by atoms with Gasteiger partial charge >= 0.3 is 0 Å². The van der Waals surface area contributed by atoms with Gasteiger partial charge in [-0.2, -0.15) is 0 Å². The molecule has 1 aliphatic rings. The average Bonchev–Trinajstić information content (AvgIpc) is 2.42. The summed E-state index contributed by atoms with van der Waals surface area (Å²) in [5.41, 5.74) is 9.99. The lowest BCUT2D eigenvalue weighted by Gasteiger charge is -2.22. The number of aromatic hydroxyl groups is 3. The summed E-state index contributed by atoms with van der Waals surface area (Å²) >= 11 is 0. The number of carbonyl (C=O) groups excluding carboxylic acids is 2. The molecule has 0 spiro atoms. The fourth-order valence-electron chi connectivity index (χ4n) is 2.48. The van der Waals surface area contributed by atoms with Crippen molar-refractivity contribution in [2.45, 2.75) is 0 Å². The Balaban J connectivity index is 2.47. The van der Waals surface area contributed by atoms with Crippen LogP contribution in [0, 0.1) is 0 Å². The van der Waals surface area contributed by atoms with Crippen molar-refractivity contribution < 1.29 is 24.9 Å². The third-order valence-corrected chi connectivity index (χ3v) is 3.43. The highest BCUT2D eigenvalue weighted by Crippen LogP contribution is 2.44. The van der Waals surface area contributed by atoms with Gasteiger partial charge in [0.15, 0.2) is 11.5 Å². The summed E-state index contributed by atoms with van der Waals surface area (Å²) in [4.78, 5) is 25.0. The van der Waals surface area contributed by atoms with Crippen molar-refractivity contribution in [3.63, 3.8) is 0 Å². The van der Waals surface area contributed by atoms with E-state index in [9.17, 15) is 24.9 Å². The van der Waals surface area contributed by atoms with Crippen molar-refractivity contribution in [2.75, 3.05) is 11.5 Å². The molecular formula is C14H10N2O5. The van der Waals surface area contributed by atoms with Crippen molar-refractivity contribution >= 4 is 22.9 Å². The molecule has 0 bridgehead atoms. The number of anilines is 2. The molecule has 21 heavy (non-hydrogen) atoms. The van der Waals surface area contributed by atoms with Crippen molar-refractivity contribution in [1.82, 2.24) is 0 Å². The third kappa shape index (κ3) is 1.48. The summed E-state index contributed by atoms with van der Waals surface area (Å²) in [6, 6.07) is 3.43. The van der Waals surface area contributed by atoms with Gasteiger partial charge in [0.25, 0.3) is 0 Å². The zero-order valence-corrected chi connectivity index (χ0v) is 10.5. The van der Waals surface area contributed by atoms with Crippen molar-refractivity contribution in [3.8, 4) is 17.2 Å². The lowest BCUT2D eigenvalue weighted by atomic mass is 9.81. The molecule has 106 valence electrons. The molecule has 0 saturated heterocycles. The van der Waals surface area contributed by atoms with Crippen LogP contribution < -0.4 is 11.5 Å². The average molecular weight is 286 g/mol.